The van der Waals surface area contributed by atoms with E-state index in [0.717, 1.165) is 28.5 Å². The smallest absolute Gasteiger partial charge is 0.191 e. The summed E-state index contributed by atoms with van der Waals surface area (Å²) in [5.74, 6) is 1.62. The van der Waals surface area contributed by atoms with Gasteiger partial charge < -0.3 is 15.4 Å². The Morgan fingerprint density at radius 2 is 1.96 bits per heavy atom. The summed E-state index contributed by atoms with van der Waals surface area (Å²) in [5.41, 5.74) is 4.45. The number of nitrogens with one attached hydrogen (secondary N) is 2. The fourth-order valence-electron chi connectivity index (χ4n) is 2.27. The number of aliphatic imine (C=N–C) groups is 1. The second-order valence-corrected chi connectivity index (χ2v) is 5.36. The molecular weight excluding hydrogens is 288 g/mol. The van der Waals surface area contributed by atoms with Gasteiger partial charge in [-0.25, -0.2) is 0 Å². The maximum absolute atomic E-state index is 5.43. The highest BCUT2D eigenvalue weighted by Crippen LogP contribution is 2.19. The van der Waals surface area contributed by atoms with Crippen molar-refractivity contribution in [2.24, 2.45) is 4.99 Å². The normalized spacial score (nSPS) is 11.2. The molecule has 2 rings (SSSR count). The molecule has 0 spiro atoms. The van der Waals surface area contributed by atoms with E-state index in [0.29, 0.717) is 13.1 Å². The van der Waals surface area contributed by atoms with Gasteiger partial charge in [0.25, 0.3) is 0 Å². The van der Waals surface area contributed by atoms with Crippen molar-refractivity contribution in [2.75, 3.05) is 14.2 Å². The van der Waals surface area contributed by atoms with E-state index in [2.05, 4.69) is 52.7 Å². The first kappa shape index (κ1) is 16.8. The van der Waals surface area contributed by atoms with Crippen molar-refractivity contribution >= 4 is 5.96 Å². The molecule has 0 aliphatic rings. The first-order valence-electron chi connectivity index (χ1n) is 7.62. The molecule has 0 aliphatic carbocycles. The molecule has 2 N–H and O–H groups in total. The van der Waals surface area contributed by atoms with Crippen LogP contribution in [0.5, 0.6) is 5.75 Å². The van der Waals surface area contributed by atoms with Crippen molar-refractivity contribution in [3.05, 3.63) is 58.9 Å². The SMILES string of the molecule is CN=C(NCc1ccc(C)cc1OC)NCc1ncccc1C. The number of benzene rings is 1. The lowest BCUT2D eigenvalue weighted by Crippen LogP contribution is -2.36. The molecule has 0 radical (unpaired) electrons. The summed E-state index contributed by atoms with van der Waals surface area (Å²) < 4.78 is 5.43. The van der Waals surface area contributed by atoms with Crippen LogP contribution in [0.3, 0.4) is 0 Å². The van der Waals surface area contributed by atoms with E-state index in [1.165, 1.54) is 5.56 Å². The van der Waals surface area contributed by atoms with Crippen molar-refractivity contribution in [1.82, 2.24) is 15.6 Å². The highest BCUT2D eigenvalue weighted by Gasteiger charge is 2.05. The van der Waals surface area contributed by atoms with Crippen LogP contribution in [0.2, 0.25) is 0 Å². The Bertz CT molecular complexity index is 682. The zero-order chi connectivity index (χ0) is 16.7. The average molecular weight is 312 g/mol. The molecule has 122 valence electrons. The van der Waals surface area contributed by atoms with Gasteiger partial charge in [-0.15, -0.1) is 0 Å². The molecule has 0 unspecified atom stereocenters. The molecule has 1 aromatic heterocycles. The summed E-state index contributed by atoms with van der Waals surface area (Å²) in [6.45, 7) is 5.38. The topological polar surface area (TPSA) is 58.5 Å². The molecule has 23 heavy (non-hydrogen) atoms. The molecule has 0 bridgehead atoms. The molecule has 5 heteroatoms. The van der Waals surface area contributed by atoms with Crippen LogP contribution in [-0.4, -0.2) is 25.1 Å². The largest absolute Gasteiger partial charge is 0.496 e. The lowest BCUT2D eigenvalue weighted by atomic mass is 10.1. The molecule has 2 aromatic rings. The van der Waals surface area contributed by atoms with Crippen LogP contribution in [0, 0.1) is 13.8 Å². The summed E-state index contributed by atoms with van der Waals surface area (Å²) in [7, 11) is 3.45. The average Bonchev–Trinajstić information content (AvgIpc) is 2.57. The standard InChI is InChI=1S/C18H24N4O/c1-13-7-8-15(17(10-13)23-4)11-21-18(19-3)22-12-16-14(2)6-5-9-20-16/h5-10H,11-12H2,1-4H3,(H2,19,21,22). The van der Waals surface area contributed by atoms with E-state index in [1.54, 1.807) is 20.4 Å². The van der Waals surface area contributed by atoms with Crippen LogP contribution in [0.15, 0.2) is 41.5 Å². The molecule has 0 amide bonds. The minimum absolute atomic E-state index is 0.636. The van der Waals surface area contributed by atoms with Crippen LogP contribution in [0.25, 0.3) is 0 Å². The van der Waals surface area contributed by atoms with Crippen molar-refractivity contribution in [1.29, 1.82) is 0 Å². The second kappa shape index (κ2) is 8.17. The van der Waals surface area contributed by atoms with Gasteiger partial charge in [0, 0.05) is 25.4 Å². The van der Waals surface area contributed by atoms with Gasteiger partial charge in [-0.1, -0.05) is 18.2 Å². The number of methoxy groups -OCH3 is 1. The van der Waals surface area contributed by atoms with E-state index in [4.69, 9.17) is 4.74 Å². The highest BCUT2D eigenvalue weighted by atomic mass is 16.5. The molecule has 0 atom stereocenters. The quantitative estimate of drug-likeness (QED) is 0.658. The number of hydrogen-bond donors (Lipinski definition) is 2. The van der Waals surface area contributed by atoms with Gasteiger partial charge in [-0.3, -0.25) is 9.98 Å². The van der Waals surface area contributed by atoms with Gasteiger partial charge in [0.1, 0.15) is 5.75 Å². The van der Waals surface area contributed by atoms with Crippen LogP contribution in [0.4, 0.5) is 0 Å². The first-order valence-corrected chi connectivity index (χ1v) is 7.62. The van der Waals surface area contributed by atoms with Crippen LogP contribution in [0.1, 0.15) is 22.4 Å². The van der Waals surface area contributed by atoms with Crippen molar-refractivity contribution in [3.63, 3.8) is 0 Å². The van der Waals surface area contributed by atoms with Gasteiger partial charge in [0.15, 0.2) is 5.96 Å². The van der Waals surface area contributed by atoms with E-state index in [1.807, 2.05) is 12.1 Å². The molecule has 0 fully saturated rings. The molecule has 5 nitrogen and oxygen atoms in total. The third-order valence-electron chi connectivity index (χ3n) is 3.65. The van der Waals surface area contributed by atoms with Crippen molar-refractivity contribution in [3.8, 4) is 5.75 Å². The molecule has 0 saturated carbocycles. The van der Waals surface area contributed by atoms with Gasteiger partial charge >= 0.3 is 0 Å². The fourth-order valence-corrected chi connectivity index (χ4v) is 2.27. The number of pyridine rings is 1. The third kappa shape index (κ3) is 4.71. The lowest BCUT2D eigenvalue weighted by molar-refractivity contribution is 0.408. The Hall–Kier alpha value is -2.56. The van der Waals surface area contributed by atoms with Crippen molar-refractivity contribution in [2.45, 2.75) is 26.9 Å². The van der Waals surface area contributed by atoms with Gasteiger partial charge in [-0.2, -0.15) is 0 Å². The van der Waals surface area contributed by atoms with Gasteiger partial charge in [0.05, 0.1) is 19.3 Å². The molecule has 0 aliphatic heterocycles. The number of ether oxygens (including phenoxy) is 1. The minimum Gasteiger partial charge on any atom is -0.496 e. The van der Waals surface area contributed by atoms with E-state index in [-0.39, 0.29) is 0 Å². The Balaban J connectivity index is 1.94. The second-order valence-electron chi connectivity index (χ2n) is 5.36. The van der Waals surface area contributed by atoms with Crippen LogP contribution in [-0.2, 0) is 13.1 Å². The number of nitrogens with zero attached hydrogens (tertiary/aromatic N) is 2. The van der Waals surface area contributed by atoms with Crippen molar-refractivity contribution < 1.29 is 4.74 Å². The Kier molecular flexibility index (Phi) is 5.97. The van der Waals surface area contributed by atoms with E-state index >= 15 is 0 Å². The predicted octanol–water partition coefficient (Wildman–Crippen LogP) is 2.57. The maximum atomic E-state index is 5.43. The summed E-state index contributed by atoms with van der Waals surface area (Å²) in [6.07, 6.45) is 1.80. The summed E-state index contributed by atoms with van der Waals surface area (Å²) in [5, 5.41) is 6.58. The molecule has 0 saturated heterocycles. The Labute approximate surface area is 137 Å². The maximum Gasteiger partial charge on any atom is 0.191 e. The monoisotopic (exact) mass is 312 g/mol. The van der Waals surface area contributed by atoms with Gasteiger partial charge in [0.2, 0.25) is 0 Å². The van der Waals surface area contributed by atoms with Crippen LogP contribution < -0.4 is 15.4 Å². The Morgan fingerprint density at radius 3 is 2.65 bits per heavy atom. The number of aromatic nitrogens is 1. The fraction of sp³-hybridized carbons (Fsp3) is 0.333. The summed E-state index contributed by atoms with van der Waals surface area (Å²) in [4.78, 5) is 8.62. The lowest BCUT2D eigenvalue weighted by Gasteiger charge is -2.14. The molecule has 1 aromatic carbocycles. The summed E-state index contributed by atoms with van der Waals surface area (Å²) >= 11 is 0. The predicted molar refractivity (Wildman–Crippen MR) is 93.7 cm³/mol. The molecular formula is C18H24N4O. The minimum atomic E-state index is 0.636. The number of aryl methyl sites for hydroxylation is 2. The highest BCUT2D eigenvalue weighted by molar-refractivity contribution is 5.79. The Morgan fingerprint density at radius 1 is 1.17 bits per heavy atom. The first-order chi connectivity index (χ1) is 11.1. The zero-order valence-corrected chi connectivity index (χ0v) is 14.2. The van der Waals surface area contributed by atoms with E-state index in [9.17, 15) is 0 Å². The van der Waals surface area contributed by atoms with E-state index < -0.39 is 0 Å². The third-order valence-corrected chi connectivity index (χ3v) is 3.65. The summed E-state index contributed by atoms with van der Waals surface area (Å²) in [6, 6.07) is 10.2. The van der Waals surface area contributed by atoms with Gasteiger partial charge in [-0.05, 0) is 37.1 Å². The number of rotatable bonds is 5. The van der Waals surface area contributed by atoms with Crippen LogP contribution >= 0.6 is 0 Å². The number of guanidine groups is 1. The number of hydrogen-bond acceptors (Lipinski definition) is 3. The zero-order valence-electron chi connectivity index (χ0n) is 14.2. The molecule has 1 heterocycles.